The Morgan fingerprint density at radius 2 is 2.00 bits per heavy atom. The lowest BCUT2D eigenvalue weighted by Gasteiger charge is -2.21. The van der Waals surface area contributed by atoms with Gasteiger partial charge in [0.2, 0.25) is 5.91 Å². The molecule has 0 spiro atoms. The van der Waals surface area contributed by atoms with Gasteiger partial charge in [0, 0.05) is 43.3 Å². The van der Waals surface area contributed by atoms with Crippen LogP contribution in [0.3, 0.4) is 0 Å². The van der Waals surface area contributed by atoms with Crippen LogP contribution < -0.4 is 10.6 Å². The van der Waals surface area contributed by atoms with Gasteiger partial charge in [-0.25, -0.2) is 0 Å². The zero-order valence-electron chi connectivity index (χ0n) is 18.3. The number of aryl methyl sites for hydroxylation is 2. The first-order valence-corrected chi connectivity index (χ1v) is 10.7. The summed E-state index contributed by atoms with van der Waals surface area (Å²) < 4.78 is 1.80. The van der Waals surface area contributed by atoms with Gasteiger partial charge in [-0.05, 0) is 38.9 Å². The van der Waals surface area contributed by atoms with Gasteiger partial charge in [-0.2, -0.15) is 5.10 Å². The summed E-state index contributed by atoms with van der Waals surface area (Å²) >= 11 is 0. The summed E-state index contributed by atoms with van der Waals surface area (Å²) in [6.07, 6.45) is 3.26. The van der Waals surface area contributed by atoms with Gasteiger partial charge in [-0.3, -0.25) is 14.3 Å². The molecule has 1 aromatic carbocycles. The number of nitrogens with zero attached hydrogens (tertiary/aromatic N) is 3. The van der Waals surface area contributed by atoms with Crippen LogP contribution in [0.5, 0.6) is 0 Å². The number of aromatic nitrogens is 3. The average molecular weight is 423 g/mol. The molecule has 0 radical (unpaired) electrons. The van der Waals surface area contributed by atoms with Crippen LogP contribution in [-0.4, -0.2) is 57.7 Å². The SMILES string of the molecule is Cc1cc(CNC(=O)[C@@H]2CC[C@H](NC(=O)c3c[nH]c4ccccc34)CN(C)C2)n(C)n1. The lowest BCUT2D eigenvalue weighted by Crippen LogP contribution is -2.42. The van der Waals surface area contributed by atoms with Crippen LogP contribution in [0, 0.1) is 12.8 Å². The molecule has 1 aliphatic heterocycles. The van der Waals surface area contributed by atoms with Crippen molar-refractivity contribution in [1.82, 2.24) is 30.3 Å². The summed E-state index contributed by atoms with van der Waals surface area (Å²) in [4.78, 5) is 31.0. The summed E-state index contributed by atoms with van der Waals surface area (Å²) in [5.74, 6) is -0.131. The fourth-order valence-corrected chi connectivity index (χ4v) is 4.42. The largest absolute Gasteiger partial charge is 0.360 e. The number of amides is 2. The Kier molecular flexibility index (Phi) is 6.08. The fraction of sp³-hybridized carbons (Fsp3) is 0.435. The van der Waals surface area contributed by atoms with Crippen molar-refractivity contribution in [3.8, 4) is 0 Å². The molecule has 1 fully saturated rings. The van der Waals surface area contributed by atoms with Gasteiger partial charge < -0.3 is 20.5 Å². The number of aromatic amines is 1. The second kappa shape index (κ2) is 8.93. The first kappa shape index (κ1) is 21.1. The molecule has 8 heteroatoms. The van der Waals surface area contributed by atoms with Crippen molar-refractivity contribution in [2.24, 2.45) is 13.0 Å². The molecule has 2 atom stereocenters. The molecule has 1 saturated heterocycles. The molecular weight excluding hydrogens is 392 g/mol. The van der Waals surface area contributed by atoms with Gasteiger partial charge >= 0.3 is 0 Å². The second-order valence-corrected chi connectivity index (χ2v) is 8.53. The van der Waals surface area contributed by atoms with Gasteiger partial charge in [0.1, 0.15) is 0 Å². The number of benzene rings is 1. The Balaban J connectivity index is 1.35. The maximum absolute atomic E-state index is 12.9. The maximum Gasteiger partial charge on any atom is 0.253 e. The van der Waals surface area contributed by atoms with E-state index in [9.17, 15) is 9.59 Å². The number of carbonyl (C=O) groups excluding carboxylic acids is 2. The topological polar surface area (TPSA) is 95.0 Å². The van der Waals surface area contributed by atoms with Gasteiger partial charge in [-0.15, -0.1) is 0 Å². The number of likely N-dealkylation sites (N-methyl/N-ethyl adjacent to an activating group) is 1. The molecule has 4 rings (SSSR count). The third-order valence-electron chi connectivity index (χ3n) is 6.01. The summed E-state index contributed by atoms with van der Waals surface area (Å²) in [6.45, 7) is 3.81. The van der Waals surface area contributed by atoms with Gasteiger partial charge in [0.15, 0.2) is 0 Å². The molecule has 31 heavy (non-hydrogen) atoms. The minimum atomic E-state index is -0.102. The Hall–Kier alpha value is -3.13. The molecule has 3 heterocycles. The first-order valence-electron chi connectivity index (χ1n) is 10.7. The van der Waals surface area contributed by atoms with Gasteiger partial charge in [0.25, 0.3) is 5.91 Å². The Morgan fingerprint density at radius 3 is 2.77 bits per heavy atom. The number of hydrogen-bond donors (Lipinski definition) is 3. The van der Waals surface area contributed by atoms with Crippen LogP contribution in [0.15, 0.2) is 36.5 Å². The summed E-state index contributed by atoms with van der Waals surface area (Å²) in [6, 6.07) is 9.77. The average Bonchev–Trinajstić information content (AvgIpc) is 3.25. The van der Waals surface area contributed by atoms with E-state index in [1.54, 1.807) is 10.9 Å². The van der Waals surface area contributed by atoms with Crippen LogP contribution >= 0.6 is 0 Å². The monoisotopic (exact) mass is 422 g/mol. The van der Waals surface area contributed by atoms with Crippen molar-refractivity contribution in [1.29, 1.82) is 0 Å². The van der Waals surface area contributed by atoms with E-state index in [1.165, 1.54) is 0 Å². The highest BCUT2D eigenvalue weighted by Gasteiger charge is 2.28. The number of carbonyl (C=O) groups is 2. The van der Waals surface area contributed by atoms with Crippen LogP contribution in [0.1, 0.15) is 34.6 Å². The number of para-hydroxylation sites is 1. The predicted molar refractivity (Wildman–Crippen MR) is 120 cm³/mol. The smallest absolute Gasteiger partial charge is 0.253 e. The van der Waals surface area contributed by atoms with Crippen LogP contribution in [0.4, 0.5) is 0 Å². The molecule has 3 aromatic rings. The van der Waals surface area contributed by atoms with Crippen molar-refractivity contribution in [2.45, 2.75) is 32.4 Å². The van der Waals surface area contributed by atoms with E-state index in [4.69, 9.17) is 0 Å². The molecule has 0 saturated carbocycles. The summed E-state index contributed by atoms with van der Waals surface area (Å²) in [5, 5.41) is 11.5. The van der Waals surface area contributed by atoms with E-state index in [0.29, 0.717) is 18.7 Å². The van der Waals surface area contributed by atoms with Gasteiger partial charge in [0.05, 0.1) is 29.4 Å². The van der Waals surface area contributed by atoms with E-state index in [0.717, 1.165) is 41.7 Å². The maximum atomic E-state index is 12.9. The van der Waals surface area contributed by atoms with E-state index in [-0.39, 0.29) is 23.8 Å². The first-order chi connectivity index (χ1) is 14.9. The van der Waals surface area contributed by atoms with E-state index >= 15 is 0 Å². The van der Waals surface area contributed by atoms with Crippen molar-refractivity contribution < 1.29 is 9.59 Å². The normalized spacial score (nSPS) is 19.8. The second-order valence-electron chi connectivity index (χ2n) is 8.53. The molecule has 0 aliphatic carbocycles. The summed E-state index contributed by atoms with van der Waals surface area (Å²) in [7, 11) is 3.88. The molecule has 0 bridgehead atoms. The third kappa shape index (κ3) is 4.80. The molecule has 0 unspecified atom stereocenters. The Labute approximate surface area is 182 Å². The quantitative estimate of drug-likeness (QED) is 0.586. The third-order valence-corrected chi connectivity index (χ3v) is 6.01. The minimum Gasteiger partial charge on any atom is -0.360 e. The lowest BCUT2D eigenvalue weighted by atomic mass is 10.0. The van der Waals surface area contributed by atoms with Crippen LogP contribution in [0.25, 0.3) is 10.9 Å². The van der Waals surface area contributed by atoms with E-state index < -0.39 is 0 Å². The van der Waals surface area contributed by atoms with Crippen LogP contribution in [-0.2, 0) is 18.4 Å². The number of rotatable bonds is 5. The standard InChI is InChI=1S/C23H30N6O2/c1-15-10-18(29(3)27-15)11-25-22(30)16-8-9-17(14-28(2)13-16)26-23(31)20-12-24-21-7-5-4-6-19(20)21/h4-7,10,12,16-17,24H,8-9,11,13-14H2,1-3H3,(H,25,30)(H,26,31)/t16-,17+/m1/s1. The highest BCUT2D eigenvalue weighted by Crippen LogP contribution is 2.20. The highest BCUT2D eigenvalue weighted by molar-refractivity contribution is 6.06. The molecule has 3 N–H and O–H groups in total. The van der Waals surface area contributed by atoms with Gasteiger partial charge in [-0.1, -0.05) is 18.2 Å². The highest BCUT2D eigenvalue weighted by atomic mass is 16.2. The zero-order chi connectivity index (χ0) is 22.0. The van der Waals surface area contributed by atoms with Crippen molar-refractivity contribution >= 4 is 22.7 Å². The number of hydrogen-bond acceptors (Lipinski definition) is 4. The molecule has 2 aromatic heterocycles. The number of H-pyrrole nitrogens is 1. The van der Waals surface area contributed by atoms with E-state index in [1.807, 2.05) is 51.4 Å². The molecule has 8 nitrogen and oxygen atoms in total. The number of nitrogens with one attached hydrogen (secondary N) is 3. The molecule has 164 valence electrons. The number of likely N-dealkylation sites (tertiary alicyclic amines) is 1. The Bertz CT molecular complexity index is 1080. The van der Waals surface area contributed by atoms with Crippen LogP contribution in [0.2, 0.25) is 0 Å². The summed E-state index contributed by atoms with van der Waals surface area (Å²) in [5.41, 5.74) is 3.53. The van der Waals surface area contributed by atoms with Crippen molar-refractivity contribution in [3.05, 3.63) is 53.5 Å². The predicted octanol–water partition coefficient (Wildman–Crippen LogP) is 1.97. The zero-order valence-corrected chi connectivity index (χ0v) is 18.3. The Morgan fingerprint density at radius 1 is 1.19 bits per heavy atom. The fourth-order valence-electron chi connectivity index (χ4n) is 4.42. The van der Waals surface area contributed by atoms with Crippen molar-refractivity contribution in [2.75, 3.05) is 20.1 Å². The van der Waals surface area contributed by atoms with Crippen molar-refractivity contribution in [3.63, 3.8) is 0 Å². The molecular formula is C23H30N6O2. The van der Waals surface area contributed by atoms with E-state index in [2.05, 4.69) is 25.6 Å². The molecule has 1 aliphatic rings. The minimum absolute atomic E-state index is 0.00341. The lowest BCUT2D eigenvalue weighted by molar-refractivity contribution is -0.125. The molecule has 2 amide bonds. The number of fused-ring (bicyclic) bond motifs is 1.